The average Bonchev–Trinajstić information content (AvgIpc) is 2.86. The number of methoxy groups -OCH3 is 2. The van der Waals surface area contributed by atoms with Crippen LogP contribution >= 0.6 is 0 Å². The smallest absolute Gasteiger partial charge is 0.264 e. The monoisotopic (exact) mass is 484 g/mol. The quantitative estimate of drug-likeness (QED) is 0.419. The number of amides is 1. The van der Waals surface area contributed by atoms with E-state index < -0.39 is 15.9 Å². The lowest BCUT2D eigenvalue weighted by Crippen LogP contribution is -2.41. The molecule has 0 bridgehead atoms. The second kappa shape index (κ2) is 11.4. The maximum absolute atomic E-state index is 13.4. The first kappa shape index (κ1) is 24.9. The minimum Gasteiger partial charge on any atom is -0.497 e. The summed E-state index contributed by atoms with van der Waals surface area (Å²) in [6, 6.07) is 20.1. The van der Waals surface area contributed by atoms with Crippen LogP contribution in [0.15, 0.2) is 77.7 Å². The third-order valence-electron chi connectivity index (χ3n) is 5.01. The van der Waals surface area contributed by atoms with E-state index in [1.54, 1.807) is 67.8 Å². The molecule has 0 spiro atoms. The molecule has 0 aliphatic carbocycles. The molecule has 0 unspecified atom stereocenters. The molecular formula is C25H28N2O6S. The van der Waals surface area contributed by atoms with Crippen LogP contribution in [0.25, 0.3) is 0 Å². The molecule has 180 valence electrons. The van der Waals surface area contributed by atoms with Crippen molar-refractivity contribution >= 4 is 21.6 Å². The van der Waals surface area contributed by atoms with Gasteiger partial charge in [-0.3, -0.25) is 9.10 Å². The summed E-state index contributed by atoms with van der Waals surface area (Å²) in [5.74, 6) is 1.44. The number of benzene rings is 3. The third kappa shape index (κ3) is 6.41. The van der Waals surface area contributed by atoms with Gasteiger partial charge in [-0.2, -0.15) is 0 Å². The van der Waals surface area contributed by atoms with Gasteiger partial charge in [-0.15, -0.1) is 0 Å². The Hall–Kier alpha value is -3.72. The lowest BCUT2D eigenvalue weighted by atomic mass is 10.2. The lowest BCUT2D eigenvalue weighted by molar-refractivity contribution is -0.119. The molecule has 1 N–H and O–H groups in total. The normalized spacial score (nSPS) is 10.9. The summed E-state index contributed by atoms with van der Waals surface area (Å²) in [5, 5.41) is 2.71. The van der Waals surface area contributed by atoms with Crippen LogP contribution in [-0.2, 0) is 14.8 Å². The molecule has 0 aliphatic rings. The number of sulfonamides is 1. The number of aryl methyl sites for hydroxylation is 1. The van der Waals surface area contributed by atoms with Crippen LogP contribution < -0.4 is 23.8 Å². The maximum Gasteiger partial charge on any atom is 0.264 e. The van der Waals surface area contributed by atoms with Crippen LogP contribution in [-0.4, -0.2) is 48.2 Å². The minimum atomic E-state index is -3.99. The minimum absolute atomic E-state index is 0.0597. The van der Waals surface area contributed by atoms with Crippen LogP contribution in [0.2, 0.25) is 0 Å². The average molecular weight is 485 g/mol. The summed E-state index contributed by atoms with van der Waals surface area (Å²) in [4.78, 5) is 12.7. The highest BCUT2D eigenvalue weighted by molar-refractivity contribution is 7.92. The molecule has 0 fully saturated rings. The number of nitrogens with one attached hydrogen (secondary N) is 1. The van der Waals surface area contributed by atoms with Gasteiger partial charge in [-0.05, 0) is 67.6 Å². The van der Waals surface area contributed by atoms with Gasteiger partial charge in [-0.25, -0.2) is 8.42 Å². The van der Waals surface area contributed by atoms with E-state index in [4.69, 9.17) is 14.2 Å². The largest absolute Gasteiger partial charge is 0.497 e. The van der Waals surface area contributed by atoms with Crippen molar-refractivity contribution in [1.82, 2.24) is 5.32 Å². The molecule has 0 aliphatic heterocycles. The zero-order valence-electron chi connectivity index (χ0n) is 19.4. The molecule has 3 aromatic carbocycles. The van der Waals surface area contributed by atoms with E-state index in [0.29, 0.717) is 17.2 Å². The van der Waals surface area contributed by atoms with Crippen molar-refractivity contribution in [3.05, 3.63) is 78.4 Å². The van der Waals surface area contributed by atoms with E-state index >= 15 is 0 Å². The van der Waals surface area contributed by atoms with Gasteiger partial charge in [0.05, 0.1) is 31.3 Å². The zero-order chi connectivity index (χ0) is 24.6. The first-order chi connectivity index (χ1) is 16.3. The van der Waals surface area contributed by atoms with Crippen LogP contribution in [0, 0.1) is 6.92 Å². The Bertz CT molecular complexity index is 1180. The van der Waals surface area contributed by atoms with E-state index in [9.17, 15) is 13.2 Å². The summed E-state index contributed by atoms with van der Waals surface area (Å²) >= 11 is 0. The fourth-order valence-electron chi connectivity index (χ4n) is 3.12. The molecule has 3 rings (SSSR count). The number of carbonyl (C=O) groups is 1. The van der Waals surface area contributed by atoms with E-state index in [-0.39, 0.29) is 24.6 Å². The fourth-order valence-corrected chi connectivity index (χ4v) is 4.54. The summed E-state index contributed by atoms with van der Waals surface area (Å²) in [6.45, 7) is 1.98. The number of nitrogens with zero attached hydrogens (tertiary/aromatic N) is 1. The molecular weight excluding hydrogens is 456 g/mol. The highest BCUT2D eigenvalue weighted by Crippen LogP contribution is 2.25. The van der Waals surface area contributed by atoms with Crippen LogP contribution in [0.5, 0.6) is 17.2 Å². The topological polar surface area (TPSA) is 94.2 Å². The Morgan fingerprint density at radius 2 is 1.35 bits per heavy atom. The van der Waals surface area contributed by atoms with Crippen LogP contribution in [0.1, 0.15) is 5.56 Å². The Morgan fingerprint density at radius 1 is 0.824 bits per heavy atom. The van der Waals surface area contributed by atoms with Crippen molar-refractivity contribution in [2.45, 2.75) is 11.8 Å². The van der Waals surface area contributed by atoms with E-state index in [0.717, 1.165) is 15.6 Å². The molecule has 0 aromatic heterocycles. The predicted octanol–water partition coefficient (Wildman–Crippen LogP) is 3.40. The Labute approximate surface area is 200 Å². The van der Waals surface area contributed by atoms with Crippen molar-refractivity contribution in [1.29, 1.82) is 0 Å². The molecule has 0 radical (unpaired) electrons. The Kier molecular flexibility index (Phi) is 8.37. The maximum atomic E-state index is 13.4. The zero-order valence-corrected chi connectivity index (χ0v) is 20.2. The summed E-state index contributed by atoms with van der Waals surface area (Å²) < 4.78 is 43.7. The SMILES string of the molecule is COc1ccc(OCCNC(=O)CN(c2ccc(C)cc2)S(=O)(=O)c2ccc(OC)cc2)cc1. The fraction of sp³-hybridized carbons (Fsp3) is 0.240. The van der Waals surface area contributed by atoms with Crippen LogP contribution in [0.3, 0.4) is 0 Å². The van der Waals surface area contributed by atoms with E-state index in [2.05, 4.69) is 5.32 Å². The number of carbonyl (C=O) groups excluding carboxylic acids is 1. The molecule has 0 heterocycles. The summed E-state index contributed by atoms with van der Waals surface area (Å²) in [6.07, 6.45) is 0. The number of anilines is 1. The predicted molar refractivity (Wildman–Crippen MR) is 130 cm³/mol. The van der Waals surface area contributed by atoms with Gasteiger partial charge in [0, 0.05) is 0 Å². The molecule has 3 aromatic rings. The number of rotatable bonds is 11. The molecule has 0 saturated heterocycles. The van der Waals surface area contributed by atoms with Gasteiger partial charge in [0.25, 0.3) is 10.0 Å². The van der Waals surface area contributed by atoms with Gasteiger partial charge >= 0.3 is 0 Å². The number of ether oxygens (including phenoxy) is 3. The Balaban J connectivity index is 1.68. The molecule has 0 saturated carbocycles. The Morgan fingerprint density at radius 3 is 1.91 bits per heavy atom. The van der Waals surface area contributed by atoms with E-state index in [1.165, 1.54) is 19.2 Å². The highest BCUT2D eigenvalue weighted by atomic mass is 32.2. The molecule has 0 atom stereocenters. The third-order valence-corrected chi connectivity index (χ3v) is 6.80. The van der Waals surface area contributed by atoms with Crippen molar-refractivity contribution in [3.63, 3.8) is 0 Å². The molecule has 9 heteroatoms. The van der Waals surface area contributed by atoms with Gasteiger partial charge < -0.3 is 19.5 Å². The second-order valence-electron chi connectivity index (χ2n) is 7.40. The number of hydrogen-bond donors (Lipinski definition) is 1. The first-order valence-electron chi connectivity index (χ1n) is 10.6. The lowest BCUT2D eigenvalue weighted by Gasteiger charge is -2.24. The molecule has 8 nitrogen and oxygen atoms in total. The highest BCUT2D eigenvalue weighted by Gasteiger charge is 2.27. The van der Waals surface area contributed by atoms with Gasteiger partial charge in [0.2, 0.25) is 5.91 Å². The van der Waals surface area contributed by atoms with Crippen molar-refractivity contribution < 1.29 is 27.4 Å². The number of hydrogen-bond acceptors (Lipinski definition) is 6. The van der Waals surface area contributed by atoms with Gasteiger partial charge in [-0.1, -0.05) is 17.7 Å². The van der Waals surface area contributed by atoms with Crippen molar-refractivity contribution in [2.75, 3.05) is 38.2 Å². The van der Waals surface area contributed by atoms with Crippen LogP contribution in [0.4, 0.5) is 5.69 Å². The molecule has 34 heavy (non-hydrogen) atoms. The van der Waals surface area contributed by atoms with E-state index in [1.807, 2.05) is 6.92 Å². The van der Waals surface area contributed by atoms with Crippen molar-refractivity contribution in [3.8, 4) is 17.2 Å². The summed E-state index contributed by atoms with van der Waals surface area (Å²) in [5.41, 5.74) is 1.37. The standard InChI is InChI=1S/C25H28N2O6S/c1-19-4-6-20(7-5-19)27(34(29,30)24-14-12-22(32-3)13-15-24)18-25(28)26-16-17-33-23-10-8-21(31-2)9-11-23/h4-15H,16-18H2,1-3H3,(H,26,28). The molecule has 1 amide bonds. The van der Waals surface area contributed by atoms with Gasteiger partial charge in [0.1, 0.15) is 30.4 Å². The van der Waals surface area contributed by atoms with Crippen molar-refractivity contribution in [2.24, 2.45) is 0 Å². The summed E-state index contributed by atoms with van der Waals surface area (Å²) in [7, 11) is -0.905. The second-order valence-corrected chi connectivity index (χ2v) is 9.26. The van der Waals surface area contributed by atoms with Gasteiger partial charge in [0.15, 0.2) is 0 Å². The first-order valence-corrected chi connectivity index (χ1v) is 12.0.